The minimum Gasteiger partial charge on any atom is -0.492 e. The molecule has 0 N–H and O–H groups in total. The van der Waals surface area contributed by atoms with Crippen molar-refractivity contribution in [1.82, 2.24) is 4.98 Å². The Morgan fingerprint density at radius 1 is 1.62 bits per heavy atom. The van der Waals surface area contributed by atoms with Crippen molar-refractivity contribution in [2.75, 3.05) is 7.11 Å². The fourth-order valence-electron chi connectivity index (χ4n) is 0.784. The molecular formula is C7H5ClF2INO. The quantitative estimate of drug-likeness (QED) is 0.616. The van der Waals surface area contributed by atoms with Crippen molar-refractivity contribution in [3.63, 3.8) is 0 Å². The fraction of sp³-hybridized carbons (Fsp3) is 0.286. The Bertz CT molecular complexity index is 298. The Morgan fingerprint density at radius 2 is 2.23 bits per heavy atom. The first-order valence-electron chi connectivity index (χ1n) is 3.24. The maximum atomic E-state index is 12.2. The van der Waals surface area contributed by atoms with Gasteiger partial charge in [-0.25, -0.2) is 13.8 Å². The van der Waals surface area contributed by atoms with E-state index in [1.165, 1.54) is 7.11 Å². The molecule has 0 radical (unpaired) electrons. The average molecular weight is 319 g/mol. The van der Waals surface area contributed by atoms with Gasteiger partial charge in [-0.3, -0.25) is 0 Å². The Labute approximate surface area is 92.4 Å². The van der Waals surface area contributed by atoms with E-state index in [1.807, 2.05) is 0 Å². The molecule has 1 rings (SSSR count). The van der Waals surface area contributed by atoms with Crippen molar-refractivity contribution in [1.29, 1.82) is 0 Å². The molecule has 0 saturated heterocycles. The van der Waals surface area contributed by atoms with E-state index in [4.69, 9.17) is 16.3 Å². The number of halogens is 4. The Morgan fingerprint density at radius 3 is 2.62 bits per heavy atom. The highest BCUT2D eigenvalue weighted by molar-refractivity contribution is 14.1. The monoisotopic (exact) mass is 319 g/mol. The highest BCUT2D eigenvalue weighted by atomic mass is 127. The minimum atomic E-state index is -2.61. The van der Waals surface area contributed by atoms with Crippen molar-refractivity contribution in [2.45, 2.75) is 6.43 Å². The van der Waals surface area contributed by atoms with Gasteiger partial charge >= 0.3 is 0 Å². The number of pyridine rings is 1. The molecule has 2 nitrogen and oxygen atoms in total. The molecule has 0 fully saturated rings. The molecule has 0 spiro atoms. The zero-order valence-corrected chi connectivity index (χ0v) is 9.44. The molecule has 0 amide bonds. The van der Waals surface area contributed by atoms with Gasteiger partial charge in [-0.1, -0.05) is 11.6 Å². The third-order valence-corrected chi connectivity index (χ3v) is 2.35. The lowest BCUT2D eigenvalue weighted by Gasteiger charge is -2.06. The molecule has 0 unspecified atom stereocenters. The molecule has 6 heteroatoms. The van der Waals surface area contributed by atoms with Crippen LogP contribution in [0.15, 0.2) is 6.07 Å². The van der Waals surface area contributed by atoms with E-state index >= 15 is 0 Å². The summed E-state index contributed by atoms with van der Waals surface area (Å²) in [7, 11) is 1.41. The van der Waals surface area contributed by atoms with Crippen LogP contribution in [0.3, 0.4) is 0 Å². The summed E-state index contributed by atoms with van der Waals surface area (Å²) in [5.41, 5.74) is -0.338. The second-order valence-electron chi connectivity index (χ2n) is 2.15. The Balaban J connectivity index is 3.20. The summed E-state index contributed by atoms with van der Waals surface area (Å²) in [5, 5.41) is 0.150. The van der Waals surface area contributed by atoms with Gasteiger partial charge in [0.05, 0.1) is 12.1 Å². The van der Waals surface area contributed by atoms with Crippen LogP contribution in [0.25, 0.3) is 0 Å². The smallest absolute Gasteiger partial charge is 0.280 e. The number of hydrogen-bond donors (Lipinski definition) is 0. The molecule has 0 aliphatic carbocycles. The molecule has 0 aliphatic rings. The zero-order valence-electron chi connectivity index (χ0n) is 6.52. The van der Waals surface area contributed by atoms with Gasteiger partial charge < -0.3 is 4.74 Å². The number of rotatable bonds is 2. The van der Waals surface area contributed by atoms with E-state index < -0.39 is 6.43 Å². The number of aromatic nitrogens is 1. The van der Waals surface area contributed by atoms with Crippen molar-refractivity contribution in [3.8, 4) is 5.75 Å². The lowest BCUT2D eigenvalue weighted by atomic mass is 10.3. The summed E-state index contributed by atoms with van der Waals surface area (Å²) in [6.45, 7) is 0. The molecule has 0 aliphatic heterocycles. The normalized spacial score (nSPS) is 10.6. The maximum absolute atomic E-state index is 12.2. The standard InChI is InChI=1S/C7H5ClF2INO/c1-13-5-3(8)2-4(6(9)10)12-7(5)11/h2,6H,1H3. The molecule has 0 bridgehead atoms. The number of hydrogen-bond acceptors (Lipinski definition) is 2. The van der Waals surface area contributed by atoms with Gasteiger partial charge in [-0.2, -0.15) is 0 Å². The zero-order chi connectivity index (χ0) is 10.0. The van der Waals surface area contributed by atoms with Crippen LogP contribution in [-0.2, 0) is 0 Å². The van der Waals surface area contributed by atoms with E-state index in [-0.39, 0.29) is 10.7 Å². The summed E-state index contributed by atoms with van der Waals surface area (Å²) in [6.07, 6.45) is -2.61. The van der Waals surface area contributed by atoms with Crippen LogP contribution in [-0.4, -0.2) is 12.1 Å². The lowest BCUT2D eigenvalue weighted by Crippen LogP contribution is -1.97. The van der Waals surface area contributed by atoms with Crippen LogP contribution in [0.2, 0.25) is 5.02 Å². The van der Waals surface area contributed by atoms with Crippen LogP contribution >= 0.6 is 34.2 Å². The van der Waals surface area contributed by atoms with Gasteiger partial charge in [0.15, 0.2) is 5.75 Å². The van der Waals surface area contributed by atoms with Gasteiger partial charge in [0, 0.05) is 0 Å². The Hall–Kier alpha value is -0.170. The number of methoxy groups -OCH3 is 1. The molecule has 1 aromatic rings. The third-order valence-electron chi connectivity index (χ3n) is 1.33. The summed E-state index contributed by atoms with van der Waals surface area (Å²) in [4.78, 5) is 3.63. The summed E-state index contributed by atoms with van der Waals surface area (Å²) in [5.74, 6) is 0.326. The topological polar surface area (TPSA) is 22.1 Å². The molecular weight excluding hydrogens is 314 g/mol. The van der Waals surface area contributed by atoms with Crippen molar-refractivity contribution in [2.24, 2.45) is 0 Å². The predicted molar refractivity (Wildman–Crippen MR) is 53.5 cm³/mol. The van der Waals surface area contributed by atoms with E-state index in [0.717, 1.165) is 6.07 Å². The average Bonchev–Trinajstić information content (AvgIpc) is 2.03. The molecule has 72 valence electrons. The lowest BCUT2D eigenvalue weighted by molar-refractivity contribution is 0.145. The largest absolute Gasteiger partial charge is 0.492 e. The van der Waals surface area contributed by atoms with Gasteiger partial charge in [0.25, 0.3) is 6.43 Å². The third kappa shape index (κ3) is 2.40. The minimum absolute atomic E-state index is 0.150. The molecule has 1 heterocycles. The predicted octanol–water partition coefficient (Wildman–Crippen LogP) is 3.29. The van der Waals surface area contributed by atoms with Crippen molar-refractivity contribution >= 4 is 34.2 Å². The van der Waals surface area contributed by atoms with E-state index in [1.54, 1.807) is 22.6 Å². The molecule has 0 saturated carbocycles. The first kappa shape index (κ1) is 10.9. The van der Waals surface area contributed by atoms with Gasteiger partial charge in [0.2, 0.25) is 0 Å². The van der Waals surface area contributed by atoms with Crippen LogP contribution in [0.5, 0.6) is 5.75 Å². The number of ether oxygens (including phenoxy) is 1. The highest BCUT2D eigenvalue weighted by Crippen LogP contribution is 2.31. The number of nitrogens with zero attached hydrogens (tertiary/aromatic N) is 1. The van der Waals surface area contributed by atoms with Gasteiger partial charge in [-0.05, 0) is 28.7 Å². The first-order valence-corrected chi connectivity index (χ1v) is 4.70. The van der Waals surface area contributed by atoms with Crippen LogP contribution < -0.4 is 4.74 Å². The SMILES string of the molecule is COc1c(Cl)cc(C(F)F)nc1I. The molecule has 1 aromatic heterocycles. The van der Waals surface area contributed by atoms with E-state index in [0.29, 0.717) is 9.45 Å². The number of alkyl halides is 2. The van der Waals surface area contributed by atoms with E-state index in [9.17, 15) is 8.78 Å². The molecule has 13 heavy (non-hydrogen) atoms. The summed E-state index contributed by atoms with van der Waals surface area (Å²) < 4.78 is 29.6. The van der Waals surface area contributed by atoms with Crippen LogP contribution in [0.4, 0.5) is 8.78 Å². The maximum Gasteiger partial charge on any atom is 0.280 e. The first-order chi connectivity index (χ1) is 6.06. The second kappa shape index (κ2) is 4.36. The van der Waals surface area contributed by atoms with Crippen molar-refractivity contribution in [3.05, 3.63) is 20.5 Å². The fourth-order valence-corrected chi connectivity index (χ4v) is 2.01. The van der Waals surface area contributed by atoms with E-state index in [2.05, 4.69) is 4.98 Å². The molecule has 0 atom stereocenters. The van der Waals surface area contributed by atoms with Gasteiger partial charge in [-0.15, -0.1) is 0 Å². The van der Waals surface area contributed by atoms with Crippen LogP contribution in [0, 0.1) is 3.70 Å². The summed E-state index contributed by atoms with van der Waals surface area (Å²) in [6, 6.07) is 1.10. The van der Waals surface area contributed by atoms with Crippen molar-refractivity contribution < 1.29 is 13.5 Å². The summed E-state index contributed by atoms with van der Waals surface area (Å²) >= 11 is 7.47. The Kier molecular flexibility index (Phi) is 3.66. The molecule has 0 aromatic carbocycles. The second-order valence-corrected chi connectivity index (χ2v) is 3.58. The van der Waals surface area contributed by atoms with Crippen LogP contribution in [0.1, 0.15) is 12.1 Å². The van der Waals surface area contributed by atoms with Gasteiger partial charge in [0.1, 0.15) is 9.39 Å². The highest BCUT2D eigenvalue weighted by Gasteiger charge is 2.15.